The van der Waals surface area contributed by atoms with E-state index in [1.54, 1.807) is 0 Å². The van der Waals surface area contributed by atoms with Crippen molar-refractivity contribution in [1.82, 2.24) is 0 Å². The maximum absolute atomic E-state index is 8.67. The third-order valence-electron chi connectivity index (χ3n) is 1.98. The molecule has 0 aromatic carbocycles. The van der Waals surface area contributed by atoms with E-state index in [1.165, 1.54) is 12.8 Å². The second-order valence-electron chi connectivity index (χ2n) is 3.36. The number of rotatable bonds is 7. The molecule has 1 atom stereocenters. The topological polar surface area (TPSA) is 60.7 Å². The van der Waals surface area contributed by atoms with Crippen molar-refractivity contribution in [2.75, 3.05) is 0 Å². The summed E-state index contributed by atoms with van der Waals surface area (Å²) in [4.78, 5) is 0. The highest BCUT2D eigenvalue weighted by atomic mass is 35.5. The number of halogens is 1. The zero-order valence-corrected chi connectivity index (χ0v) is 8.80. The normalized spacial score (nSPS) is 14.5. The molecule has 0 aliphatic carbocycles. The van der Waals surface area contributed by atoms with E-state index in [4.69, 9.17) is 26.9 Å². The van der Waals surface area contributed by atoms with E-state index in [-0.39, 0.29) is 0 Å². The molecule has 0 radical (unpaired) electrons. The van der Waals surface area contributed by atoms with Gasteiger partial charge in [-0.05, 0) is 6.42 Å². The minimum Gasteiger partial charge on any atom is -0.342 e. The van der Waals surface area contributed by atoms with E-state index in [0.717, 1.165) is 19.3 Å². The zero-order valence-electron chi connectivity index (χ0n) is 8.04. The summed E-state index contributed by atoms with van der Waals surface area (Å²) in [7, 11) is 0. The van der Waals surface area contributed by atoms with Crippen molar-refractivity contribution in [3.05, 3.63) is 0 Å². The van der Waals surface area contributed by atoms with Gasteiger partial charge in [-0.15, -0.1) is 11.6 Å². The van der Waals surface area contributed by atoms with Crippen molar-refractivity contribution < 1.29 is 15.3 Å². The summed E-state index contributed by atoms with van der Waals surface area (Å²) < 4.78 is 0. The first-order valence-electron chi connectivity index (χ1n) is 4.79. The van der Waals surface area contributed by atoms with Gasteiger partial charge < -0.3 is 15.3 Å². The second kappa shape index (κ2) is 6.60. The van der Waals surface area contributed by atoms with Gasteiger partial charge in [0.05, 0.1) is 0 Å². The van der Waals surface area contributed by atoms with Gasteiger partial charge in [-0.2, -0.15) is 0 Å². The lowest BCUT2D eigenvalue weighted by atomic mass is 10.1. The molecule has 0 saturated heterocycles. The van der Waals surface area contributed by atoms with E-state index in [0.29, 0.717) is 6.42 Å². The number of hydrogen-bond donors (Lipinski definition) is 3. The van der Waals surface area contributed by atoms with Gasteiger partial charge in [0.1, 0.15) is 5.38 Å². The Morgan fingerprint density at radius 2 is 1.62 bits per heavy atom. The first-order valence-corrected chi connectivity index (χ1v) is 5.23. The molecule has 0 fully saturated rings. The van der Waals surface area contributed by atoms with Crippen LogP contribution >= 0.6 is 11.6 Å². The molecule has 3 N–H and O–H groups in total. The molecule has 0 aromatic heterocycles. The van der Waals surface area contributed by atoms with E-state index in [2.05, 4.69) is 6.92 Å². The van der Waals surface area contributed by atoms with Crippen molar-refractivity contribution in [3.63, 3.8) is 0 Å². The van der Waals surface area contributed by atoms with E-state index < -0.39 is 11.4 Å². The summed E-state index contributed by atoms with van der Waals surface area (Å²) in [5.41, 5.74) is 0. The van der Waals surface area contributed by atoms with Gasteiger partial charge in [0.15, 0.2) is 0 Å². The number of alkyl halides is 1. The van der Waals surface area contributed by atoms with E-state index in [9.17, 15) is 0 Å². The van der Waals surface area contributed by atoms with Crippen molar-refractivity contribution in [3.8, 4) is 0 Å². The van der Waals surface area contributed by atoms with Crippen LogP contribution in [0.3, 0.4) is 0 Å². The number of unbranched alkanes of at least 4 members (excludes halogenated alkanes) is 4. The van der Waals surface area contributed by atoms with Crippen molar-refractivity contribution in [2.24, 2.45) is 0 Å². The monoisotopic (exact) mass is 210 g/mol. The number of hydrogen-bond acceptors (Lipinski definition) is 3. The molecule has 13 heavy (non-hydrogen) atoms. The molecule has 4 heteroatoms. The average molecular weight is 211 g/mol. The molecule has 3 nitrogen and oxygen atoms in total. The summed E-state index contributed by atoms with van der Waals surface area (Å²) in [6.07, 6.45) is 5.76. The van der Waals surface area contributed by atoms with Crippen molar-refractivity contribution >= 4 is 11.6 Å². The Morgan fingerprint density at radius 1 is 1.08 bits per heavy atom. The molecule has 0 aliphatic rings. The first kappa shape index (κ1) is 13.2. The van der Waals surface area contributed by atoms with Gasteiger partial charge in [0.25, 0.3) is 5.97 Å². The predicted molar refractivity (Wildman–Crippen MR) is 52.4 cm³/mol. The molecule has 0 bridgehead atoms. The highest BCUT2D eigenvalue weighted by Crippen LogP contribution is 2.18. The third-order valence-corrected chi connectivity index (χ3v) is 2.49. The van der Waals surface area contributed by atoms with Crippen LogP contribution in [0.2, 0.25) is 0 Å². The molecule has 0 saturated carbocycles. The Morgan fingerprint density at radius 3 is 2.08 bits per heavy atom. The van der Waals surface area contributed by atoms with Crippen LogP contribution in [0.15, 0.2) is 0 Å². The molecule has 0 spiro atoms. The summed E-state index contributed by atoms with van der Waals surface area (Å²) in [5.74, 6) is -2.73. The van der Waals surface area contributed by atoms with Crippen LogP contribution in [0.25, 0.3) is 0 Å². The fourth-order valence-corrected chi connectivity index (χ4v) is 1.28. The quantitative estimate of drug-likeness (QED) is 0.340. The Kier molecular flexibility index (Phi) is 6.68. The maximum atomic E-state index is 8.67. The van der Waals surface area contributed by atoms with Gasteiger partial charge in [-0.25, -0.2) is 0 Å². The average Bonchev–Trinajstić information content (AvgIpc) is 2.02. The zero-order chi connectivity index (χ0) is 10.3. The van der Waals surface area contributed by atoms with Gasteiger partial charge >= 0.3 is 0 Å². The summed E-state index contributed by atoms with van der Waals surface area (Å²) in [5, 5.41) is 25.0. The van der Waals surface area contributed by atoms with E-state index >= 15 is 0 Å². The molecule has 0 amide bonds. The largest absolute Gasteiger partial charge is 0.342 e. The van der Waals surface area contributed by atoms with Crippen molar-refractivity contribution in [1.29, 1.82) is 0 Å². The van der Waals surface area contributed by atoms with Crippen LogP contribution in [-0.4, -0.2) is 26.7 Å². The van der Waals surface area contributed by atoms with Gasteiger partial charge in [0.2, 0.25) is 0 Å². The maximum Gasteiger partial charge on any atom is 0.292 e. The predicted octanol–water partition coefficient (Wildman–Crippen LogP) is 1.59. The van der Waals surface area contributed by atoms with Crippen LogP contribution in [0.1, 0.15) is 45.4 Å². The smallest absolute Gasteiger partial charge is 0.292 e. The number of aliphatic hydroxyl groups is 3. The molecule has 1 unspecified atom stereocenters. The molecule has 0 rings (SSSR count). The van der Waals surface area contributed by atoms with Gasteiger partial charge in [-0.3, -0.25) is 0 Å². The Hall–Kier alpha value is 0.170. The third kappa shape index (κ3) is 7.26. The van der Waals surface area contributed by atoms with Crippen LogP contribution in [-0.2, 0) is 0 Å². The van der Waals surface area contributed by atoms with E-state index in [1.807, 2.05) is 0 Å². The lowest BCUT2D eigenvalue weighted by Crippen LogP contribution is -2.38. The SMILES string of the molecule is CCCCCCCC(Cl)C(O)(O)O. The minimum atomic E-state index is -2.73. The molecule has 0 aliphatic heterocycles. The van der Waals surface area contributed by atoms with Crippen LogP contribution in [0.4, 0.5) is 0 Å². The fraction of sp³-hybridized carbons (Fsp3) is 1.00. The van der Waals surface area contributed by atoms with Crippen LogP contribution < -0.4 is 0 Å². The highest BCUT2D eigenvalue weighted by molar-refractivity contribution is 6.21. The molecule has 0 heterocycles. The first-order chi connectivity index (χ1) is 5.98. The van der Waals surface area contributed by atoms with Gasteiger partial charge in [0, 0.05) is 0 Å². The molecular formula is C9H19ClO3. The molecule has 0 aromatic rings. The Balaban J connectivity index is 3.32. The second-order valence-corrected chi connectivity index (χ2v) is 3.88. The molecular weight excluding hydrogens is 192 g/mol. The van der Waals surface area contributed by atoms with Crippen LogP contribution in [0, 0.1) is 0 Å². The standard InChI is InChI=1S/C9H19ClO3/c1-2-3-4-5-6-7-8(10)9(11,12)13/h8,11-13H,2-7H2,1H3. The van der Waals surface area contributed by atoms with Gasteiger partial charge in [-0.1, -0.05) is 39.0 Å². The highest BCUT2D eigenvalue weighted by Gasteiger charge is 2.29. The minimum absolute atomic E-state index is 0.425. The van der Waals surface area contributed by atoms with Crippen molar-refractivity contribution in [2.45, 2.75) is 56.8 Å². The summed E-state index contributed by atoms with van der Waals surface area (Å²) in [6, 6.07) is 0. The Labute approximate surface area is 84.3 Å². The fourth-order valence-electron chi connectivity index (χ4n) is 1.12. The summed E-state index contributed by atoms with van der Waals surface area (Å²) in [6.45, 7) is 2.13. The Bertz CT molecular complexity index is 123. The lowest BCUT2D eigenvalue weighted by molar-refractivity contribution is -0.311. The lowest BCUT2D eigenvalue weighted by Gasteiger charge is -2.19. The molecule has 80 valence electrons. The summed E-state index contributed by atoms with van der Waals surface area (Å²) >= 11 is 5.52. The van der Waals surface area contributed by atoms with Crippen LogP contribution in [0.5, 0.6) is 0 Å².